The predicted molar refractivity (Wildman–Crippen MR) is 91.3 cm³/mol. The van der Waals surface area contributed by atoms with Crippen LogP contribution in [0.3, 0.4) is 0 Å². The topological polar surface area (TPSA) is 76.3 Å². The van der Waals surface area contributed by atoms with Gasteiger partial charge in [-0.25, -0.2) is 8.42 Å². The van der Waals surface area contributed by atoms with Gasteiger partial charge in [-0.3, -0.25) is 4.98 Å². The zero-order valence-corrected chi connectivity index (χ0v) is 15.7. The minimum absolute atomic E-state index is 0.138. The van der Waals surface area contributed by atoms with Crippen LogP contribution in [0.2, 0.25) is 0 Å². The van der Waals surface area contributed by atoms with Crippen molar-refractivity contribution >= 4 is 15.7 Å². The van der Waals surface area contributed by atoms with Crippen LogP contribution in [0.1, 0.15) is 67.0 Å². The van der Waals surface area contributed by atoms with Gasteiger partial charge < -0.3 is 5.73 Å². The minimum Gasteiger partial charge on any atom is -0.397 e. The lowest BCUT2D eigenvalue weighted by molar-refractivity contribution is 0.140. The van der Waals surface area contributed by atoms with E-state index in [1.807, 2.05) is 55.4 Å². The second-order valence-corrected chi connectivity index (χ2v) is 9.70. The molecule has 0 radical (unpaired) electrons. The van der Waals surface area contributed by atoms with E-state index in [4.69, 9.17) is 5.73 Å². The van der Waals surface area contributed by atoms with E-state index in [1.165, 1.54) is 16.6 Å². The molecule has 0 amide bonds. The maximum atomic E-state index is 13.1. The van der Waals surface area contributed by atoms with E-state index in [0.29, 0.717) is 5.69 Å². The fourth-order valence-electron chi connectivity index (χ4n) is 2.93. The molecule has 0 atom stereocenters. The maximum absolute atomic E-state index is 13.1. The molecule has 5 nitrogen and oxygen atoms in total. The summed E-state index contributed by atoms with van der Waals surface area (Å²) in [7, 11) is -3.69. The maximum Gasteiger partial charge on any atom is 0.245 e. The third-order valence-corrected chi connectivity index (χ3v) is 5.62. The summed E-state index contributed by atoms with van der Waals surface area (Å²) in [6.45, 7) is 15.3. The molecular formula is C16H29N3O2S. The first kappa shape index (κ1) is 18.9. The van der Waals surface area contributed by atoms with Crippen LogP contribution < -0.4 is 5.73 Å². The van der Waals surface area contributed by atoms with E-state index >= 15 is 0 Å². The number of hydrogen-bond donors (Lipinski definition) is 1. The monoisotopic (exact) mass is 327 g/mol. The van der Waals surface area contributed by atoms with Crippen molar-refractivity contribution in [3.05, 3.63) is 18.0 Å². The van der Waals surface area contributed by atoms with Crippen LogP contribution in [0.25, 0.3) is 0 Å². The Kier molecular flexibility index (Phi) is 5.00. The highest BCUT2D eigenvalue weighted by atomic mass is 32.2. The highest BCUT2D eigenvalue weighted by Crippen LogP contribution is 2.33. The second-order valence-electron chi connectivity index (χ2n) is 7.91. The highest BCUT2D eigenvalue weighted by molar-refractivity contribution is 7.89. The molecular weight excluding hydrogens is 298 g/mol. The van der Waals surface area contributed by atoms with Gasteiger partial charge in [0.05, 0.1) is 11.4 Å². The Morgan fingerprint density at radius 1 is 1.09 bits per heavy atom. The lowest BCUT2D eigenvalue weighted by atomic mass is 10.0. The SMILES string of the molecule is CC(C)c1ncc(S(=O)(=O)N(C(C)(C)C)C(C)(C)C)cc1N. The van der Waals surface area contributed by atoms with E-state index in [9.17, 15) is 8.42 Å². The lowest BCUT2D eigenvalue weighted by Gasteiger charge is -2.43. The summed E-state index contributed by atoms with van der Waals surface area (Å²) in [6, 6.07) is 1.52. The average molecular weight is 327 g/mol. The van der Waals surface area contributed by atoms with Crippen molar-refractivity contribution < 1.29 is 8.42 Å². The highest BCUT2D eigenvalue weighted by Gasteiger charge is 2.42. The molecule has 6 heteroatoms. The molecule has 1 rings (SSSR count). The Hall–Kier alpha value is -1.14. The number of hydrogen-bond acceptors (Lipinski definition) is 4. The lowest BCUT2D eigenvalue weighted by Crippen LogP contribution is -2.55. The van der Waals surface area contributed by atoms with Gasteiger partial charge in [-0.15, -0.1) is 0 Å². The quantitative estimate of drug-likeness (QED) is 0.923. The van der Waals surface area contributed by atoms with Gasteiger partial charge in [0, 0.05) is 17.3 Å². The molecule has 2 N–H and O–H groups in total. The van der Waals surface area contributed by atoms with Crippen molar-refractivity contribution in [1.82, 2.24) is 9.29 Å². The molecule has 0 aliphatic heterocycles. The fourth-order valence-corrected chi connectivity index (χ4v) is 5.04. The summed E-state index contributed by atoms with van der Waals surface area (Å²) in [5, 5.41) is 0. The Balaban J connectivity index is 3.49. The molecule has 126 valence electrons. The Bertz CT molecular complexity index is 624. The molecule has 1 aromatic rings. The van der Waals surface area contributed by atoms with Crippen LogP contribution in [0.5, 0.6) is 0 Å². The van der Waals surface area contributed by atoms with Crippen molar-refractivity contribution in [3.8, 4) is 0 Å². The van der Waals surface area contributed by atoms with Crippen LogP contribution in [0.4, 0.5) is 5.69 Å². The predicted octanol–water partition coefficient (Wildman–Crippen LogP) is 3.37. The van der Waals surface area contributed by atoms with Gasteiger partial charge in [-0.05, 0) is 53.5 Å². The van der Waals surface area contributed by atoms with Crippen LogP contribution >= 0.6 is 0 Å². The molecule has 0 saturated carbocycles. The van der Waals surface area contributed by atoms with Crippen molar-refractivity contribution in [2.45, 2.75) is 77.3 Å². The molecule has 0 aromatic carbocycles. The molecule has 0 bridgehead atoms. The molecule has 0 fully saturated rings. The van der Waals surface area contributed by atoms with Gasteiger partial charge in [0.25, 0.3) is 0 Å². The first-order valence-corrected chi connectivity index (χ1v) is 8.94. The summed E-state index contributed by atoms with van der Waals surface area (Å²) in [4.78, 5) is 4.40. The van der Waals surface area contributed by atoms with Crippen LogP contribution in [0, 0.1) is 0 Å². The van der Waals surface area contributed by atoms with Gasteiger partial charge >= 0.3 is 0 Å². The summed E-state index contributed by atoms with van der Waals surface area (Å²) >= 11 is 0. The van der Waals surface area contributed by atoms with Gasteiger partial charge in [-0.1, -0.05) is 13.8 Å². The summed E-state index contributed by atoms with van der Waals surface area (Å²) in [6.07, 6.45) is 1.41. The van der Waals surface area contributed by atoms with Crippen molar-refractivity contribution in [3.63, 3.8) is 0 Å². The third-order valence-electron chi connectivity index (χ3n) is 3.23. The van der Waals surface area contributed by atoms with E-state index in [1.54, 1.807) is 0 Å². The number of nitrogens with two attached hydrogens (primary N) is 1. The van der Waals surface area contributed by atoms with Crippen LogP contribution in [-0.4, -0.2) is 28.8 Å². The number of aromatic nitrogens is 1. The van der Waals surface area contributed by atoms with E-state index < -0.39 is 21.1 Å². The van der Waals surface area contributed by atoms with Crippen LogP contribution in [0.15, 0.2) is 17.2 Å². The Morgan fingerprint density at radius 3 is 1.86 bits per heavy atom. The second kappa shape index (κ2) is 5.81. The largest absolute Gasteiger partial charge is 0.397 e. The first-order valence-electron chi connectivity index (χ1n) is 7.50. The number of nitrogen functional groups attached to an aromatic ring is 1. The van der Waals surface area contributed by atoms with E-state index in [0.717, 1.165) is 5.69 Å². The molecule has 0 spiro atoms. The van der Waals surface area contributed by atoms with E-state index in [-0.39, 0.29) is 10.8 Å². The van der Waals surface area contributed by atoms with Crippen molar-refractivity contribution in [2.75, 3.05) is 5.73 Å². The van der Waals surface area contributed by atoms with Crippen molar-refractivity contribution in [1.29, 1.82) is 0 Å². The Morgan fingerprint density at radius 2 is 1.55 bits per heavy atom. The number of nitrogens with zero attached hydrogens (tertiary/aromatic N) is 2. The average Bonchev–Trinajstić information content (AvgIpc) is 2.22. The number of rotatable bonds is 3. The van der Waals surface area contributed by atoms with E-state index in [2.05, 4.69) is 4.98 Å². The molecule has 1 heterocycles. The zero-order valence-electron chi connectivity index (χ0n) is 14.9. The van der Waals surface area contributed by atoms with Crippen molar-refractivity contribution in [2.24, 2.45) is 0 Å². The normalized spacial score (nSPS) is 13.9. The standard InChI is InChI=1S/C16H29N3O2S/c1-11(2)14-13(17)9-12(10-18-14)22(20,21)19(15(3,4)5)16(6,7)8/h9-11H,17H2,1-8H3. The molecule has 0 aliphatic carbocycles. The van der Waals surface area contributed by atoms with Crippen LogP contribution in [-0.2, 0) is 10.0 Å². The molecule has 0 saturated heterocycles. The van der Waals surface area contributed by atoms with Gasteiger partial charge in [0.1, 0.15) is 4.90 Å². The molecule has 1 aromatic heterocycles. The minimum atomic E-state index is -3.69. The number of sulfonamides is 1. The molecule has 22 heavy (non-hydrogen) atoms. The molecule has 0 aliphatic rings. The van der Waals surface area contributed by atoms with Gasteiger partial charge in [-0.2, -0.15) is 4.31 Å². The van der Waals surface area contributed by atoms with Gasteiger partial charge in [0.15, 0.2) is 0 Å². The summed E-state index contributed by atoms with van der Waals surface area (Å²) in [5.41, 5.74) is 6.02. The number of pyridine rings is 1. The van der Waals surface area contributed by atoms with Gasteiger partial charge in [0.2, 0.25) is 10.0 Å². The summed E-state index contributed by atoms with van der Waals surface area (Å²) < 4.78 is 27.7. The fraction of sp³-hybridized carbons (Fsp3) is 0.688. The summed E-state index contributed by atoms with van der Waals surface area (Å²) in [5.74, 6) is 0.151. The zero-order chi connectivity index (χ0) is 17.5. The molecule has 0 unspecified atom stereocenters. The Labute approximate surface area is 135 Å². The third kappa shape index (κ3) is 3.79. The smallest absolute Gasteiger partial charge is 0.245 e. The number of anilines is 1. The first-order chi connectivity index (χ1) is 9.69.